The summed E-state index contributed by atoms with van der Waals surface area (Å²) in [4.78, 5) is 25.1. The lowest BCUT2D eigenvalue weighted by atomic mass is 10.0. The van der Waals surface area contributed by atoms with Crippen molar-refractivity contribution in [1.29, 1.82) is 0 Å². The molecule has 3 aromatic rings. The molecule has 0 bridgehead atoms. The fraction of sp³-hybridized carbons (Fsp3) is 0.238. The second-order valence-electron chi connectivity index (χ2n) is 6.45. The predicted octanol–water partition coefficient (Wildman–Crippen LogP) is 4.62. The van der Waals surface area contributed by atoms with E-state index in [0.29, 0.717) is 41.1 Å². The molecular formula is C21H17BrO5. The van der Waals surface area contributed by atoms with Crippen LogP contribution in [0, 0.1) is 6.92 Å². The molecule has 2 aromatic carbocycles. The minimum Gasteiger partial charge on any atom is -0.460 e. The number of halogens is 1. The SMILES string of the molecule is Cc1oc2cc(OC(=O)C3CCCO3)ccc2c(=O)c1-c1ccc(Br)cc1. The Labute approximate surface area is 164 Å². The summed E-state index contributed by atoms with van der Waals surface area (Å²) in [6.45, 7) is 2.33. The van der Waals surface area contributed by atoms with Gasteiger partial charge in [0.1, 0.15) is 17.1 Å². The Morgan fingerprint density at radius 3 is 2.67 bits per heavy atom. The summed E-state index contributed by atoms with van der Waals surface area (Å²) < 4.78 is 17.5. The maximum atomic E-state index is 13.0. The first-order valence-corrected chi connectivity index (χ1v) is 9.49. The summed E-state index contributed by atoms with van der Waals surface area (Å²) in [5, 5.41) is 0.440. The van der Waals surface area contributed by atoms with Gasteiger partial charge < -0.3 is 13.9 Å². The molecule has 1 atom stereocenters. The van der Waals surface area contributed by atoms with Gasteiger partial charge in [-0.25, -0.2) is 4.79 Å². The van der Waals surface area contributed by atoms with Crippen LogP contribution in [0.15, 0.2) is 56.1 Å². The Hall–Kier alpha value is -2.44. The quantitative estimate of drug-likeness (QED) is 0.449. The molecule has 27 heavy (non-hydrogen) atoms. The van der Waals surface area contributed by atoms with Crippen LogP contribution in [0.5, 0.6) is 5.75 Å². The normalized spacial score (nSPS) is 16.6. The van der Waals surface area contributed by atoms with Gasteiger partial charge in [0, 0.05) is 17.1 Å². The molecule has 0 aliphatic carbocycles. The summed E-state index contributed by atoms with van der Waals surface area (Å²) in [5.41, 5.74) is 1.59. The molecule has 0 N–H and O–H groups in total. The minimum absolute atomic E-state index is 0.118. The highest BCUT2D eigenvalue weighted by Crippen LogP contribution is 2.27. The van der Waals surface area contributed by atoms with E-state index >= 15 is 0 Å². The lowest BCUT2D eigenvalue weighted by molar-refractivity contribution is -0.144. The summed E-state index contributed by atoms with van der Waals surface area (Å²) in [7, 11) is 0. The van der Waals surface area contributed by atoms with E-state index < -0.39 is 12.1 Å². The molecule has 5 nitrogen and oxygen atoms in total. The van der Waals surface area contributed by atoms with Gasteiger partial charge in [0.05, 0.1) is 10.9 Å². The molecule has 0 spiro atoms. The predicted molar refractivity (Wildman–Crippen MR) is 105 cm³/mol. The largest absolute Gasteiger partial charge is 0.460 e. The summed E-state index contributed by atoms with van der Waals surface area (Å²) in [6, 6.07) is 12.3. The van der Waals surface area contributed by atoms with Crippen LogP contribution in [0.25, 0.3) is 22.1 Å². The molecule has 4 rings (SSSR count). The van der Waals surface area contributed by atoms with Crippen molar-refractivity contribution in [3.8, 4) is 16.9 Å². The number of benzene rings is 2. The lowest BCUT2D eigenvalue weighted by Crippen LogP contribution is -2.24. The van der Waals surface area contributed by atoms with E-state index in [1.54, 1.807) is 25.1 Å². The van der Waals surface area contributed by atoms with Crippen molar-refractivity contribution in [2.45, 2.75) is 25.9 Å². The fourth-order valence-corrected chi connectivity index (χ4v) is 3.51. The molecule has 1 aromatic heterocycles. The van der Waals surface area contributed by atoms with Crippen LogP contribution in [-0.2, 0) is 9.53 Å². The van der Waals surface area contributed by atoms with Crippen LogP contribution in [-0.4, -0.2) is 18.7 Å². The van der Waals surface area contributed by atoms with E-state index in [-0.39, 0.29) is 5.43 Å². The van der Waals surface area contributed by atoms with Crippen molar-refractivity contribution in [3.05, 3.63) is 62.9 Å². The molecule has 1 fully saturated rings. The fourth-order valence-electron chi connectivity index (χ4n) is 3.25. The van der Waals surface area contributed by atoms with Crippen LogP contribution >= 0.6 is 15.9 Å². The molecule has 2 heterocycles. The Morgan fingerprint density at radius 1 is 1.19 bits per heavy atom. The third-order valence-corrected chi connectivity index (χ3v) is 5.11. The maximum Gasteiger partial charge on any atom is 0.340 e. The summed E-state index contributed by atoms with van der Waals surface area (Å²) in [6.07, 6.45) is 0.996. The monoisotopic (exact) mass is 428 g/mol. The van der Waals surface area contributed by atoms with Gasteiger partial charge in [-0.15, -0.1) is 0 Å². The average molecular weight is 429 g/mol. The molecule has 0 amide bonds. The van der Waals surface area contributed by atoms with Gasteiger partial charge in [-0.2, -0.15) is 0 Å². The number of carbonyl (C=O) groups excluding carboxylic acids is 1. The second kappa shape index (κ2) is 7.29. The van der Waals surface area contributed by atoms with Crippen LogP contribution < -0.4 is 10.2 Å². The average Bonchev–Trinajstić information content (AvgIpc) is 3.18. The van der Waals surface area contributed by atoms with E-state index in [2.05, 4.69) is 15.9 Å². The number of ether oxygens (including phenoxy) is 2. The third-order valence-electron chi connectivity index (χ3n) is 4.58. The first-order chi connectivity index (χ1) is 13.0. The van der Waals surface area contributed by atoms with Crippen molar-refractivity contribution in [2.24, 2.45) is 0 Å². The molecule has 1 saturated heterocycles. The van der Waals surface area contributed by atoms with Gasteiger partial charge in [0.25, 0.3) is 0 Å². The van der Waals surface area contributed by atoms with Gasteiger partial charge in [-0.05, 0) is 49.6 Å². The molecule has 1 unspecified atom stereocenters. The van der Waals surface area contributed by atoms with Gasteiger partial charge >= 0.3 is 5.97 Å². The Morgan fingerprint density at radius 2 is 1.96 bits per heavy atom. The van der Waals surface area contributed by atoms with E-state index in [4.69, 9.17) is 13.9 Å². The van der Waals surface area contributed by atoms with Crippen LogP contribution in [0.1, 0.15) is 18.6 Å². The van der Waals surface area contributed by atoms with Crippen molar-refractivity contribution in [2.75, 3.05) is 6.61 Å². The van der Waals surface area contributed by atoms with Crippen molar-refractivity contribution < 1.29 is 18.7 Å². The molecule has 0 saturated carbocycles. The van der Waals surface area contributed by atoms with Crippen LogP contribution in [0.3, 0.4) is 0 Å². The Balaban J connectivity index is 1.71. The van der Waals surface area contributed by atoms with Gasteiger partial charge in [-0.1, -0.05) is 28.1 Å². The zero-order valence-corrected chi connectivity index (χ0v) is 16.2. The summed E-state index contributed by atoms with van der Waals surface area (Å²) in [5.74, 6) is 0.428. The number of carbonyl (C=O) groups is 1. The molecule has 0 radical (unpaired) electrons. The highest BCUT2D eigenvalue weighted by Gasteiger charge is 2.25. The molecule has 138 valence electrons. The zero-order chi connectivity index (χ0) is 19.0. The minimum atomic E-state index is -0.519. The summed E-state index contributed by atoms with van der Waals surface area (Å²) >= 11 is 3.39. The number of hydrogen-bond donors (Lipinski definition) is 0. The standard InChI is InChI=1S/C21H17BrO5/c1-12-19(13-4-6-14(22)7-5-13)20(23)16-9-8-15(11-18(16)26-12)27-21(24)17-3-2-10-25-17/h4-9,11,17H,2-3,10H2,1H3. The molecule has 1 aliphatic heterocycles. The number of hydrogen-bond acceptors (Lipinski definition) is 5. The molecule has 1 aliphatic rings. The molecule has 6 heteroatoms. The van der Waals surface area contributed by atoms with Crippen molar-refractivity contribution in [1.82, 2.24) is 0 Å². The van der Waals surface area contributed by atoms with Gasteiger partial charge in [-0.3, -0.25) is 4.79 Å². The number of esters is 1. The Kier molecular flexibility index (Phi) is 4.85. The van der Waals surface area contributed by atoms with Gasteiger partial charge in [0.15, 0.2) is 6.10 Å². The highest BCUT2D eigenvalue weighted by atomic mass is 79.9. The lowest BCUT2D eigenvalue weighted by Gasteiger charge is -2.11. The van der Waals surface area contributed by atoms with E-state index in [9.17, 15) is 9.59 Å². The Bertz CT molecular complexity index is 1060. The first-order valence-electron chi connectivity index (χ1n) is 8.69. The first kappa shape index (κ1) is 17.9. The maximum absolute atomic E-state index is 13.0. The van der Waals surface area contributed by atoms with Gasteiger partial charge in [0.2, 0.25) is 5.43 Å². The second-order valence-corrected chi connectivity index (χ2v) is 7.37. The van der Waals surface area contributed by atoms with Crippen molar-refractivity contribution >= 4 is 32.9 Å². The van der Waals surface area contributed by atoms with E-state index in [1.807, 2.05) is 24.3 Å². The third kappa shape index (κ3) is 3.55. The van der Waals surface area contributed by atoms with Crippen LogP contribution in [0.2, 0.25) is 0 Å². The topological polar surface area (TPSA) is 65.7 Å². The number of rotatable bonds is 3. The van der Waals surface area contributed by atoms with Crippen molar-refractivity contribution in [3.63, 3.8) is 0 Å². The number of fused-ring (bicyclic) bond motifs is 1. The molecular weight excluding hydrogens is 412 g/mol. The zero-order valence-electron chi connectivity index (χ0n) is 14.7. The smallest absolute Gasteiger partial charge is 0.340 e. The number of aryl methyl sites for hydroxylation is 1. The van der Waals surface area contributed by atoms with Crippen LogP contribution in [0.4, 0.5) is 0 Å². The van der Waals surface area contributed by atoms with E-state index in [1.165, 1.54) is 0 Å². The highest BCUT2D eigenvalue weighted by molar-refractivity contribution is 9.10. The van der Waals surface area contributed by atoms with E-state index in [0.717, 1.165) is 16.5 Å².